The van der Waals surface area contributed by atoms with Crippen LogP contribution in [0.5, 0.6) is 5.75 Å². The summed E-state index contributed by atoms with van der Waals surface area (Å²) in [6, 6.07) is 4.69. The molecule has 0 unspecified atom stereocenters. The van der Waals surface area contributed by atoms with E-state index >= 15 is 0 Å². The van der Waals surface area contributed by atoms with E-state index in [2.05, 4.69) is 21.2 Å². The molecule has 0 amide bonds. The number of hydrogen-bond acceptors (Lipinski definition) is 3. The molecule has 0 bridgehead atoms. The predicted molar refractivity (Wildman–Crippen MR) is 78.3 cm³/mol. The topological polar surface area (TPSA) is 35.5 Å². The average molecular weight is 367 g/mol. The number of piperazine rings is 1. The normalized spacial score (nSPS) is 18.7. The SMILES string of the molecule is Oc1c(Br)cccc1[C@H](CCC(F)(F)F)N1CCNCC1. The van der Waals surface area contributed by atoms with Crippen LogP contribution in [0.2, 0.25) is 0 Å². The lowest BCUT2D eigenvalue weighted by atomic mass is 9.98. The van der Waals surface area contributed by atoms with E-state index in [0.29, 0.717) is 23.1 Å². The molecule has 1 aliphatic rings. The van der Waals surface area contributed by atoms with Gasteiger partial charge in [-0.25, -0.2) is 0 Å². The van der Waals surface area contributed by atoms with Gasteiger partial charge < -0.3 is 10.4 Å². The Morgan fingerprint density at radius 3 is 2.57 bits per heavy atom. The number of nitrogens with one attached hydrogen (secondary N) is 1. The summed E-state index contributed by atoms with van der Waals surface area (Å²) in [4.78, 5) is 2.00. The van der Waals surface area contributed by atoms with E-state index in [0.717, 1.165) is 13.1 Å². The largest absolute Gasteiger partial charge is 0.506 e. The van der Waals surface area contributed by atoms with Crippen LogP contribution < -0.4 is 5.32 Å². The molecule has 1 heterocycles. The fourth-order valence-corrected chi connectivity index (χ4v) is 3.01. The Morgan fingerprint density at radius 2 is 1.95 bits per heavy atom. The number of halogens is 4. The Labute approximate surface area is 130 Å². The highest BCUT2D eigenvalue weighted by molar-refractivity contribution is 9.10. The molecule has 1 aromatic rings. The molecule has 2 N–H and O–H groups in total. The van der Waals surface area contributed by atoms with Crippen molar-refractivity contribution in [3.05, 3.63) is 28.2 Å². The summed E-state index contributed by atoms with van der Waals surface area (Å²) in [5.74, 6) is 0.0307. The van der Waals surface area contributed by atoms with Crippen LogP contribution in [0.15, 0.2) is 22.7 Å². The minimum atomic E-state index is -4.19. The maximum absolute atomic E-state index is 12.6. The van der Waals surface area contributed by atoms with Crippen molar-refractivity contribution in [2.75, 3.05) is 26.2 Å². The standard InChI is InChI=1S/C14H18BrF3N2O/c15-11-3-1-2-10(13(11)21)12(4-5-14(16,17)18)20-8-6-19-7-9-20/h1-3,12,19,21H,4-9H2/t12-/m0/s1. The molecule has 0 spiro atoms. The molecule has 7 heteroatoms. The van der Waals surface area contributed by atoms with Crippen LogP contribution in [-0.2, 0) is 0 Å². The minimum absolute atomic E-state index is 0.0307. The molecular weight excluding hydrogens is 349 g/mol. The third kappa shape index (κ3) is 4.59. The van der Waals surface area contributed by atoms with Crippen molar-refractivity contribution in [1.82, 2.24) is 10.2 Å². The quantitative estimate of drug-likeness (QED) is 0.856. The summed E-state index contributed by atoms with van der Waals surface area (Å²) in [5.41, 5.74) is 0.551. The second-order valence-corrected chi connectivity index (χ2v) is 5.99. The first kappa shape index (κ1) is 16.6. The molecule has 1 fully saturated rings. The zero-order chi connectivity index (χ0) is 15.5. The molecule has 1 atom stereocenters. The highest BCUT2D eigenvalue weighted by atomic mass is 79.9. The van der Waals surface area contributed by atoms with Crippen molar-refractivity contribution in [2.45, 2.75) is 25.1 Å². The van der Waals surface area contributed by atoms with E-state index in [9.17, 15) is 18.3 Å². The van der Waals surface area contributed by atoms with Crippen LogP contribution in [0.4, 0.5) is 13.2 Å². The smallest absolute Gasteiger partial charge is 0.389 e. The second-order valence-electron chi connectivity index (χ2n) is 5.13. The fourth-order valence-electron chi connectivity index (χ4n) is 2.63. The predicted octanol–water partition coefficient (Wildman–Crippen LogP) is 3.44. The first-order valence-corrected chi connectivity index (χ1v) is 7.66. The number of phenolic OH excluding ortho intramolecular Hbond substituents is 1. The Kier molecular flexibility index (Phi) is 5.51. The summed E-state index contributed by atoms with van der Waals surface area (Å²) in [6.45, 7) is 2.84. The number of aromatic hydroxyl groups is 1. The van der Waals surface area contributed by atoms with Crippen molar-refractivity contribution in [3.8, 4) is 5.75 Å². The third-order valence-electron chi connectivity index (χ3n) is 3.67. The van der Waals surface area contributed by atoms with Gasteiger partial charge in [-0.2, -0.15) is 13.2 Å². The Hall–Kier alpha value is -0.790. The van der Waals surface area contributed by atoms with Gasteiger partial charge in [0.15, 0.2) is 0 Å². The molecule has 3 nitrogen and oxygen atoms in total. The average Bonchev–Trinajstić information content (AvgIpc) is 2.43. The molecule has 0 aliphatic carbocycles. The molecule has 21 heavy (non-hydrogen) atoms. The van der Waals surface area contributed by atoms with Crippen LogP contribution in [0.25, 0.3) is 0 Å². The van der Waals surface area contributed by atoms with Crippen molar-refractivity contribution in [3.63, 3.8) is 0 Å². The number of nitrogens with zero attached hydrogens (tertiary/aromatic N) is 1. The van der Waals surface area contributed by atoms with Gasteiger partial charge in [0.05, 0.1) is 4.47 Å². The lowest BCUT2D eigenvalue weighted by molar-refractivity contribution is -0.138. The number of para-hydroxylation sites is 1. The van der Waals surface area contributed by atoms with Crippen molar-refractivity contribution in [1.29, 1.82) is 0 Å². The van der Waals surface area contributed by atoms with E-state index in [4.69, 9.17) is 0 Å². The van der Waals surface area contributed by atoms with Crippen LogP contribution in [0.3, 0.4) is 0 Å². The molecule has 1 aromatic carbocycles. The van der Waals surface area contributed by atoms with Gasteiger partial charge >= 0.3 is 6.18 Å². The fraction of sp³-hybridized carbons (Fsp3) is 0.571. The highest BCUT2D eigenvalue weighted by Crippen LogP contribution is 2.38. The summed E-state index contributed by atoms with van der Waals surface area (Å²) < 4.78 is 38.2. The van der Waals surface area contributed by atoms with Crippen LogP contribution >= 0.6 is 15.9 Å². The Balaban J connectivity index is 2.23. The monoisotopic (exact) mass is 366 g/mol. The summed E-state index contributed by atoms with van der Waals surface area (Å²) in [6.07, 6.45) is -5.09. The van der Waals surface area contributed by atoms with Crippen molar-refractivity contribution >= 4 is 15.9 Å². The number of phenols is 1. The number of rotatable bonds is 4. The number of hydrogen-bond donors (Lipinski definition) is 2. The Morgan fingerprint density at radius 1 is 1.29 bits per heavy atom. The van der Waals surface area contributed by atoms with Crippen LogP contribution in [-0.4, -0.2) is 42.4 Å². The van der Waals surface area contributed by atoms with Gasteiger partial charge in [0.1, 0.15) is 5.75 Å². The molecule has 118 valence electrons. The second kappa shape index (κ2) is 6.98. The van der Waals surface area contributed by atoms with E-state index in [1.807, 2.05) is 4.90 Å². The molecule has 1 saturated heterocycles. The molecule has 0 aromatic heterocycles. The molecule has 0 radical (unpaired) electrons. The first-order chi connectivity index (χ1) is 9.88. The van der Waals surface area contributed by atoms with Crippen molar-refractivity contribution in [2.24, 2.45) is 0 Å². The third-order valence-corrected chi connectivity index (χ3v) is 4.31. The van der Waals surface area contributed by atoms with Gasteiger partial charge in [-0.05, 0) is 28.4 Å². The molecule has 2 rings (SSSR count). The lowest BCUT2D eigenvalue weighted by Gasteiger charge is -2.35. The maximum Gasteiger partial charge on any atom is 0.389 e. The summed E-state index contributed by atoms with van der Waals surface area (Å²) >= 11 is 3.23. The molecule has 1 aliphatic heterocycles. The van der Waals surface area contributed by atoms with Crippen LogP contribution in [0, 0.1) is 0 Å². The van der Waals surface area contributed by atoms with E-state index in [-0.39, 0.29) is 12.2 Å². The number of alkyl halides is 3. The lowest BCUT2D eigenvalue weighted by Crippen LogP contribution is -2.45. The zero-order valence-electron chi connectivity index (χ0n) is 11.5. The zero-order valence-corrected chi connectivity index (χ0v) is 13.0. The van der Waals surface area contributed by atoms with E-state index < -0.39 is 18.6 Å². The van der Waals surface area contributed by atoms with Gasteiger partial charge in [0.2, 0.25) is 0 Å². The number of benzene rings is 1. The van der Waals surface area contributed by atoms with Crippen molar-refractivity contribution < 1.29 is 18.3 Å². The first-order valence-electron chi connectivity index (χ1n) is 6.87. The van der Waals surface area contributed by atoms with Gasteiger partial charge in [0.25, 0.3) is 0 Å². The Bertz CT molecular complexity index is 476. The molecule has 0 saturated carbocycles. The summed E-state index contributed by atoms with van der Waals surface area (Å²) in [5, 5.41) is 13.3. The van der Waals surface area contributed by atoms with Gasteiger partial charge in [-0.1, -0.05) is 12.1 Å². The highest BCUT2D eigenvalue weighted by Gasteiger charge is 2.32. The van der Waals surface area contributed by atoms with Crippen LogP contribution in [0.1, 0.15) is 24.4 Å². The van der Waals surface area contributed by atoms with E-state index in [1.165, 1.54) is 0 Å². The maximum atomic E-state index is 12.6. The molecular formula is C14H18BrF3N2O. The summed E-state index contributed by atoms with van der Waals surface area (Å²) in [7, 11) is 0. The van der Waals surface area contributed by atoms with E-state index in [1.54, 1.807) is 18.2 Å². The van der Waals surface area contributed by atoms with Gasteiger partial charge in [-0.15, -0.1) is 0 Å². The minimum Gasteiger partial charge on any atom is -0.506 e. The van der Waals surface area contributed by atoms with Gasteiger partial charge in [-0.3, -0.25) is 4.90 Å². The van der Waals surface area contributed by atoms with Gasteiger partial charge in [0, 0.05) is 44.2 Å².